The van der Waals surface area contributed by atoms with Crippen molar-refractivity contribution >= 4 is 34.4 Å². The Kier molecular flexibility index (Phi) is 6.22. The Balaban J connectivity index is 1.48. The SMILES string of the molecule is NC(=O)[N@+]1(C(=O)CN(C(=O)c2ccc3cc[nH]c3c2)c2ccccc2)CCCC1Oc1ccccn1. The molecule has 1 aliphatic heterocycles. The number of pyridine rings is 1. The molecule has 0 bridgehead atoms. The molecule has 36 heavy (non-hydrogen) atoms. The molecule has 2 atom stereocenters. The fraction of sp³-hybridized carbons (Fsp3) is 0.185. The van der Waals surface area contributed by atoms with Gasteiger partial charge in [0.25, 0.3) is 12.1 Å². The summed E-state index contributed by atoms with van der Waals surface area (Å²) in [5, 5.41) is 0.971. The Morgan fingerprint density at radius 2 is 1.86 bits per heavy atom. The maximum atomic E-state index is 13.9. The molecule has 0 radical (unpaired) electrons. The summed E-state index contributed by atoms with van der Waals surface area (Å²) in [5.41, 5.74) is 7.59. The number of para-hydroxylation sites is 1. The van der Waals surface area contributed by atoms with Crippen LogP contribution in [0.2, 0.25) is 0 Å². The largest absolute Gasteiger partial charge is 0.424 e. The zero-order valence-electron chi connectivity index (χ0n) is 19.5. The lowest BCUT2D eigenvalue weighted by atomic mass is 10.1. The van der Waals surface area contributed by atoms with Crippen LogP contribution >= 0.6 is 0 Å². The van der Waals surface area contributed by atoms with E-state index in [1.807, 2.05) is 18.2 Å². The summed E-state index contributed by atoms with van der Waals surface area (Å²) >= 11 is 0. The van der Waals surface area contributed by atoms with Gasteiger partial charge in [-0.05, 0) is 41.8 Å². The number of amides is 4. The highest BCUT2D eigenvalue weighted by Crippen LogP contribution is 2.31. The van der Waals surface area contributed by atoms with Crippen LogP contribution in [0.5, 0.6) is 5.88 Å². The van der Waals surface area contributed by atoms with Gasteiger partial charge in [0.15, 0.2) is 0 Å². The minimum absolute atomic E-state index is 0.191. The number of H-pyrrole nitrogens is 1. The standard InChI is InChI=1S/C27H25N5O4/c28-27(35)32(16-6-10-25(32)36-23-9-4-5-14-30-23)24(33)18-31(21-7-2-1-3-8-21)26(34)20-12-11-19-13-15-29-22(19)17-20/h1-5,7-9,11-15,17,25H,6,10,16,18H2,(H2-,28,29,34,35)/p+1/t25?,32-/m0/s1. The predicted molar refractivity (Wildman–Crippen MR) is 134 cm³/mol. The zero-order valence-corrected chi connectivity index (χ0v) is 19.5. The Morgan fingerprint density at radius 1 is 1.06 bits per heavy atom. The molecule has 3 heterocycles. The van der Waals surface area contributed by atoms with Gasteiger partial charge in [-0.1, -0.05) is 30.3 Å². The number of hydrogen-bond donors (Lipinski definition) is 2. The van der Waals surface area contributed by atoms with Crippen molar-refractivity contribution < 1.29 is 23.6 Å². The Labute approximate surface area is 207 Å². The van der Waals surface area contributed by atoms with Crippen LogP contribution in [0, 0.1) is 0 Å². The van der Waals surface area contributed by atoms with Gasteiger partial charge < -0.3 is 15.5 Å². The Morgan fingerprint density at radius 3 is 2.61 bits per heavy atom. The molecule has 0 spiro atoms. The molecular weight excluding hydrogens is 458 g/mol. The van der Waals surface area contributed by atoms with E-state index in [1.165, 1.54) is 4.90 Å². The van der Waals surface area contributed by atoms with Crippen molar-refractivity contribution in [2.24, 2.45) is 5.73 Å². The van der Waals surface area contributed by atoms with Gasteiger partial charge in [-0.3, -0.25) is 9.69 Å². The van der Waals surface area contributed by atoms with E-state index in [0.29, 0.717) is 30.0 Å². The molecule has 1 saturated heterocycles. The van der Waals surface area contributed by atoms with E-state index in [0.717, 1.165) is 10.9 Å². The summed E-state index contributed by atoms with van der Waals surface area (Å²) in [6.45, 7) is -0.159. The predicted octanol–water partition coefficient (Wildman–Crippen LogP) is 3.83. The second-order valence-corrected chi connectivity index (χ2v) is 8.71. The van der Waals surface area contributed by atoms with Crippen LogP contribution in [0.15, 0.2) is 85.2 Å². The molecule has 2 aromatic heterocycles. The molecule has 5 rings (SSSR count). The number of imide groups is 1. The first-order valence-corrected chi connectivity index (χ1v) is 11.7. The van der Waals surface area contributed by atoms with Crippen LogP contribution in [-0.2, 0) is 4.79 Å². The van der Waals surface area contributed by atoms with E-state index in [9.17, 15) is 14.4 Å². The molecule has 1 aliphatic rings. The highest BCUT2D eigenvalue weighted by Gasteiger charge is 2.55. The number of fused-ring (bicyclic) bond motifs is 1. The van der Waals surface area contributed by atoms with E-state index < -0.39 is 22.6 Å². The van der Waals surface area contributed by atoms with Crippen molar-refractivity contribution in [1.82, 2.24) is 9.97 Å². The fourth-order valence-corrected chi connectivity index (χ4v) is 4.73. The maximum Gasteiger partial charge on any atom is 0.424 e. The average molecular weight is 485 g/mol. The number of urea groups is 1. The van der Waals surface area contributed by atoms with Crippen molar-refractivity contribution in [3.8, 4) is 5.88 Å². The van der Waals surface area contributed by atoms with E-state index >= 15 is 0 Å². The van der Waals surface area contributed by atoms with Gasteiger partial charge in [-0.25, -0.2) is 14.6 Å². The van der Waals surface area contributed by atoms with Crippen molar-refractivity contribution in [3.63, 3.8) is 0 Å². The molecular formula is C27H26N5O4+. The van der Waals surface area contributed by atoms with Gasteiger partial charge in [-0.2, -0.15) is 0 Å². The monoisotopic (exact) mass is 484 g/mol. The smallest absolute Gasteiger partial charge is 0.424 e. The molecule has 0 saturated carbocycles. The number of aromatic amines is 1. The van der Waals surface area contributed by atoms with E-state index in [2.05, 4.69) is 9.97 Å². The van der Waals surface area contributed by atoms with Gasteiger partial charge in [0, 0.05) is 48.1 Å². The minimum atomic E-state index is -0.826. The number of rotatable bonds is 6. The summed E-state index contributed by atoms with van der Waals surface area (Å²) in [6.07, 6.45) is 3.56. The molecule has 3 N–H and O–H groups in total. The van der Waals surface area contributed by atoms with Gasteiger partial charge in [0.2, 0.25) is 5.88 Å². The highest BCUT2D eigenvalue weighted by atomic mass is 16.5. The molecule has 4 amide bonds. The third-order valence-corrected chi connectivity index (χ3v) is 6.59. The lowest BCUT2D eigenvalue weighted by Crippen LogP contribution is -2.66. The van der Waals surface area contributed by atoms with Crippen molar-refractivity contribution in [1.29, 1.82) is 0 Å². The average Bonchev–Trinajstić information content (AvgIpc) is 3.55. The van der Waals surface area contributed by atoms with E-state index in [-0.39, 0.29) is 19.0 Å². The van der Waals surface area contributed by atoms with Crippen molar-refractivity contribution in [2.45, 2.75) is 19.1 Å². The van der Waals surface area contributed by atoms with Crippen molar-refractivity contribution in [3.05, 3.63) is 90.8 Å². The summed E-state index contributed by atoms with van der Waals surface area (Å²) < 4.78 is 5.27. The molecule has 9 nitrogen and oxygen atoms in total. The number of primary amides is 1. The summed E-state index contributed by atoms with van der Waals surface area (Å²) in [5.74, 6) is -0.578. The number of nitrogens with zero attached hydrogens (tertiary/aromatic N) is 3. The van der Waals surface area contributed by atoms with Crippen LogP contribution < -0.4 is 15.4 Å². The quantitative estimate of drug-likeness (QED) is 0.403. The molecule has 9 heteroatoms. The number of carbonyl (C=O) groups is 3. The van der Waals surface area contributed by atoms with Gasteiger partial charge in [0.05, 0.1) is 6.54 Å². The number of aromatic nitrogens is 2. The number of nitrogens with one attached hydrogen (secondary N) is 1. The van der Waals surface area contributed by atoms with E-state index in [4.69, 9.17) is 10.5 Å². The topological polar surface area (TPSA) is 118 Å². The summed E-state index contributed by atoms with van der Waals surface area (Å²) in [6, 6.07) is 20.5. The number of anilines is 1. The molecule has 1 unspecified atom stereocenters. The molecule has 4 aromatic rings. The number of benzene rings is 2. The zero-order chi connectivity index (χ0) is 25.1. The second kappa shape index (κ2) is 9.63. The lowest BCUT2D eigenvalue weighted by molar-refractivity contribution is -0.807. The molecule has 0 aliphatic carbocycles. The lowest BCUT2D eigenvalue weighted by Gasteiger charge is -2.34. The highest BCUT2D eigenvalue weighted by molar-refractivity contribution is 6.10. The first-order valence-electron chi connectivity index (χ1n) is 11.7. The fourth-order valence-electron chi connectivity index (χ4n) is 4.73. The number of ether oxygens (including phenoxy) is 1. The third-order valence-electron chi connectivity index (χ3n) is 6.59. The second-order valence-electron chi connectivity index (χ2n) is 8.71. The van der Waals surface area contributed by atoms with Crippen molar-refractivity contribution in [2.75, 3.05) is 18.0 Å². The number of hydrogen-bond acceptors (Lipinski definition) is 5. The first kappa shape index (κ1) is 23.3. The normalized spacial score (nSPS) is 19.2. The van der Waals surface area contributed by atoms with Gasteiger partial charge in [0.1, 0.15) is 6.54 Å². The Hall–Kier alpha value is -4.50. The van der Waals surface area contributed by atoms with Crippen LogP contribution in [0.1, 0.15) is 23.2 Å². The van der Waals surface area contributed by atoms with Gasteiger partial charge in [-0.15, -0.1) is 4.48 Å². The third kappa shape index (κ3) is 4.20. The van der Waals surface area contributed by atoms with Crippen LogP contribution in [0.4, 0.5) is 10.5 Å². The molecule has 1 fully saturated rings. The van der Waals surface area contributed by atoms with Gasteiger partial charge >= 0.3 is 11.9 Å². The minimum Gasteiger partial charge on any atom is -0.424 e. The molecule has 2 aromatic carbocycles. The van der Waals surface area contributed by atoms with Crippen LogP contribution in [-0.4, -0.2) is 51.6 Å². The summed E-state index contributed by atoms with van der Waals surface area (Å²) in [4.78, 5) is 49.0. The summed E-state index contributed by atoms with van der Waals surface area (Å²) in [7, 11) is 0. The van der Waals surface area contributed by atoms with E-state index in [1.54, 1.807) is 67.0 Å². The Bertz CT molecular complexity index is 1410. The van der Waals surface area contributed by atoms with Crippen LogP contribution in [0.25, 0.3) is 10.9 Å². The number of nitrogens with two attached hydrogens (primary N) is 1. The number of quaternary nitrogens is 1. The number of likely N-dealkylation sites (tertiary alicyclic amines) is 1. The molecule has 182 valence electrons. The van der Waals surface area contributed by atoms with Crippen LogP contribution in [0.3, 0.4) is 0 Å². The number of carbonyl (C=O) groups excluding carboxylic acids is 3. The maximum absolute atomic E-state index is 13.9. The first-order chi connectivity index (χ1) is 17.5.